The highest BCUT2D eigenvalue weighted by Crippen LogP contribution is 2.33. The molecule has 1 aliphatic carbocycles. The summed E-state index contributed by atoms with van der Waals surface area (Å²) in [7, 11) is 0. The summed E-state index contributed by atoms with van der Waals surface area (Å²) < 4.78 is 6.25. The van der Waals surface area contributed by atoms with Gasteiger partial charge in [0.05, 0.1) is 12.2 Å². The topological polar surface area (TPSA) is 99.8 Å². The van der Waals surface area contributed by atoms with Crippen LogP contribution in [0.15, 0.2) is 18.2 Å². The normalized spacial score (nSPS) is 31.1. The molecule has 1 unspecified atom stereocenters. The lowest BCUT2D eigenvalue weighted by Crippen LogP contribution is -2.62. The van der Waals surface area contributed by atoms with Crippen molar-refractivity contribution in [3.63, 3.8) is 0 Å². The number of rotatable bonds is 4. The third kappa shape index (κ3) is 3.88. The van der Waals surface area contributed by atoms with E-state index in [4.69, 9.17) is 4.74 Å². The average molecular weight is 427 g/mol. The van der Waals surface area contributed by atoms with Crippen LogP contribution in [0, 0.1) is 0 Å². The van der Waals surface area contributed by atoms with E-state index in [0.717, 1.165) is 43.7 Å². The maximum absolute atomic E-state index is 13.0. The molecular formula is C23H30N4O4. The van der Waals surface area contributed by atoms with Gasteiger partial charge in [-0.1, -0.05) is 25.0 Å². The van der Waals surface area contributed by atoms with Crippen molar-refractivity contribution in [3.8, 4) is 0 Å². The SMILES string of the molecule is O=C1CCC(N2Cc3ccc(CN[C@@H]4CCCC[C@@]45CNCCO5)cc3C2=O)C(=O)N1. The fourth-order valence-corrected chi connectivity index (χ4v) is 5.51. The van der Waals surface area contributed by atoms with Gasteiger partial charge in [-0.25, -0.2) is 0 Å². The van der Waals surface area contributed by atoms with Gasteiger partial charge in [-0.15, -0.1) is 0 Å². The monoisotopic (exact) mass is 426 g/mol. The molecule has 3 N–H and O–H groups in total. The summed E-state index contributed by atoms with van der Waals surface area (Å²) in [5.74, 6) is -0.764. The van der Waals surface area contributed by atoms with E-state index in [0.29, 0.717) is 25.1 Å². The first-order valence-corrected chi connectivity index (χ1v) is 11.4. The van der Waals surface area contributed by atoms with Crippen molar-refractivity contribution in [1.82, 2.24) is 20.9 Å². The zero-order valence-corrected chi connectivity index (χ0v) is 17.7. The number of morpholine rings is 1. The van der Waals surface area contributed by atoms with Gasteiger partial charge in [0.25, 0.3) is 5.91 Å². The van der Waals surface area contributed by atoms with Crippen LogP contribution in [0.2, 0.25) is 0 Å². The second-order valence-electron chi connectivity index (χ2n) is 9.16. The van der Waals surface area contributed by atoms with Gasteiger partial charge in [-0.05, 0) is 36.5 Å². The third-order valence-corrected chi connectivity index (χ3v) is 7.22. The summed E-state index contributed by atoms with van der Waals surface area (Å²) in [6.45, 7) is 3.63. The molecule has 3 atom stereocenters. The van der Waals surface area contributed by atoms with Crippen LogP contribution in [0.25, 0.3) is 0 Å². The quantitative estimate of drug-likeness (QED) is 0.617. The molecule has 0 radical (unpaired) electrons. The maximum Gasteiger partial charge on any atom is 0.255 e. The van der Waals surface area contributed by atoms with Gasteiger partial charge < -0.3 is 20.3 Å². The van der Waals surface area contributed by atoms with E-state index < -0.39 is 6.04 Å². The number of carbonyl (C=O) groups excluding carboxylic acids is 3. The van der Waals surface area contributed by atoms with E-state index in [2.05, 4.69) is 22.0 Å². The predicted octanol–water partition coefficient (Wildman–Crippen LogP) is 0.838. The molecule has 1 aromatic carbocycles. The molecule has 1 spiro atoms. The fraction of sp³-hybridized carbons (Fsp3) is 0.609. The molecule has 3 aliphatic heterocycles. The van der Waals surface area contributed by atoms with Crippen LogP contribution in [-0.2, 0) is 27.4 Å². The van der Waals surface area contributed by atoms with Crippen molar-refractivity contribution in [2.24, 2.45) is 0 Å². The van der Waals surface area contributed by atoms with Crippen molar-refractivity contribution in [2.75, 3.05) is 19.7 Å². The van der Waals surface area contributed by atoms with Gasteiger partial charge in [0.15, 0.2) is 0 Å². The van der Waals surface area contributed by atoms with Crippen LogP contribution in [0.3, 0.4) is 0 Å². The molecule has 3 heterocycles. The highest BCUT2D eigenvalue weighted by molar-refractivity contribution is 6.05. The Morgan fingerprint density at radius 3 is 2.90 bits per heavy atom. The number of benzene rings is 1. The Morgan fingerprint density at radius 2 is 2.10 bits per heavy atom. The largest absolute Gasteiger partial charge is 0.371 e. The molecule has 8 heteroatoms. The first-order valence-electron chi connectivity index (χ1n) is 11.4. The van der Waals surface area contributed by atoms with Crippen molar-refractivity contribution >= 4 is 17.7 Å². The summed E-state index contributed by atoms with van der Waals surface area (Å²) in [5, 5.41) is 9.54. The highest BCUT2D eigenvalue weighted by atomic mass is 16.5. The first-order chi connectivity index (χ1) is 15.1. The van der Waals surface area contributed by atoms with Crippen LogP contribution in [0.1, 0.15) is 60.0 Å². The Balaban J connectivity index is 1.26. The number of nitrogens with zero attached hydrogens (tertiary/aromatic N) is 1. The van der Waals surface area contributed by atoms with E-state index >= 15 is 0 Å². The molecule has 3 amide bonds. The summed E-state index contributed by atoms with van der Waals surface area (Å²) in [6.07, 6.45) is 5.22. The Morgan fingerprint density at radius 1 is 1.19 bits per heavy atom. The number of amides is 3. The van der Waals surface area contributed by atoms with Crippen molar-refractivity contribution in [2.45, 2.75) is 69.3 Å². The van der Waals surface area contributed by atoms with Crippen molar-refractivity contribution in [3.05, 3.63) is 34.9 Å². The van der Waals surface area contributed by atoms with Gasteiger partial charge >= 0.3 is 0 Å². The van der Waals surface area contributed by atoms with E-state index in [1.807, 2.05) is 12.1 Å². The Hall–Kier alpha value is -2.29. The second-order valence-corrected chi connectivity index (χ2v) is 9.16. The van der Waals surface area contributed by atoms with Gasteiger partial charge in [-0.3, -0.25) is 19.7 Å². The molecule has 3 fully saturated rings. The fourth-order valence-electron chi connectivity index (χ4n) is 5.51. The van der Waals surface area contributed by atoms with E-state index in [1.54, 1.807) is 4.90 Å². The van der Waals surface area contributed by atoms with Gasteiger partial charge in [-0.2, -0.15) is 0 Å². The van der Waals surface area contributed by atoms with E-state index in [-0.39, 0.29) is 35.8 Å². The van der Waals surface area contributed by atoms with Gasteiger partial charge in [0, 0.05) is 44.2 Å². The van der Waals surface area contributed by atoms with Gasteiger partial charge in [0.2, 0.25) is 11.8 Å². The van der Waals surface area contributed by atoms with Crippen molar-refractivity contribution < 1.29 is 19.1 Å². The zero-order valence-electron chi connectivity index (χ0n) is 17.7. The molecule has 1 saturated carbocycles. The molecule has 5 rings (SSSR count). The van der Waals surface area contributed by atoms with Crippen LogP contribution >= 0.6 is 0 Å². The molecular weight excluding hydrogens is 396 g/mol. The number of carbonyl (C=O) groups is 3. The molecule has 1 aromatic rings. The summed E-state index contributed by atoms with van der Waals surface area (Å²) in [5.41, 5.74) is 2.53. The molecule has 0 aromatic heterocycles. The third-order valence-electron chi connectivity index (χ3n) is 7.22. The minimum absolute atomic E-state index is 0.125. The van der Waals surface area contributed by atoms with Crippen LogP contribution < -0.4 is 16.0 Å². The number of piperidine rings is 1. The number of hydrogen-bond acceptors (Lipinski definition) is 6. The molecule has 166 valence electrons. The molecule has 0 bridgehead atoms. The summed E-state index contributed by atoms with van der Waals surface area (Å²) >= 11 is 0. The zero-order chi connectivity index (χ0) is 21.4. The number of ether oxygens (including phenoxy) is 1. The molecule has 2 saturated heterocycles. The number of imide groups is 1. The van der Waals surface area contributed by atoms with Crippen LogP contribution in [0.5, 0.6) is 0 Å². The number of fused-ring (bicyclic) bond motifs is 1. The van der Waals surface area contributed by atoms with Crippen LogP contribution in [0.4, 0.5) is 0 Å². The number of hydrogen-bond donors (Lipinski definition) is 3. The molecule has 8 nitrogen and oxygen atoms in total. The van der Waals surface area contributed by atoms with E-state index in [9.17, 15) is 14.4 Å². The smallest absolute Gasteiger partial charge is 0.255 e. The Bertz CT molecular complexity index is 887. The van der Waals surface area contributed by atoms with Crippen molar-refractivity contribution in [1.29, 1.82) is 0 Å². The second kappa shape index (κ2) is 8.33. The summed E-state index contributed by atoms with van der Waals surface area (Å²) in [6, 6.07) is 5.72. The van der Waals surface area contributed by atoms with E-state index in [1.165, 1.54) is 12.8 Å². The number of nitrogens with one attached hydrogen (secondary N) is 3. The van der Waals surface area contributed by atoms with Crippen LogP contribution in [-0.4, -0.2) is 60.0 Å². The minimum atomic E-state index is -0.572. The summed E-state index contributed by atoms with van der Waals surface area (Å²) in [4.78, 5) is 38.3. The standard InChI is InChI=1S/C23H30N4O4/c28-20-7-6-18(21(29)26-20)27-13-16-5-4-15(11-17(16)22(27)30)12-25-19-3-1-2-8-23(19)14-24-9-10-31-23/h4-5,11,18-19,24-25H,1-3,6-10,12-14H2,(H,26,28,29)/t18?,19-,23-/m1/s1. The molecule has 31 heavy (non-hydrogen) atoms. The minimum Gasteiger partial charge on any atom is -0.371 e. The Labute approximate surface area is 182 Å². The lowest BCUT2D eigenvalue weighted by molar-refractivity contribution is -0.136. The van der Waals surface area contributed by atoms with Gasteiger partial charge in [0.1, 0.15) is 6.04 Å². The molecule has 4 aliphatic rings. The first kappa shape index (κ1) is 20.6. The predicted molar refractivity (Wildman–Crippen MR) is 113 cm³/mol. The highest BCUT2D eigenvalue weighted by Gasteiger charge is 2.43. The Kier molecular flexibility index (Phi) is 5.54. The lowest BCUT2D eigenvalue weighted by atomic mass is 9.79. The maximum atomic E-state index is 13.0. The lowest BCUT2D eigenvalue weighted by Gasteiger charge is -2.47. The average Bonchev–Trinajstić information content (AvgIpc) is 3.10.